The molecule has 0 bridgehead atoms. The first kappa shape index (κ1) is 17.4. The van der Waals surface area contributed by atoms with Crippen molar-refractivity contribution in [2.24, 2.45) is 0 Å². The van der Waals surface area contributed by atoms with E-state index in [-0.39, 0.29) is 6.04 Å². The molecule has 0 amide bonds. The second-order valence-corrected chi connectivity index (χ2v) is 6.68. The minimum Gasteiger partial charge on any atom is -0.352 e. The average Bonchev–Trinajstić information content (AvgIpc) is 2.62. The maximum absolute atomic E-state index is 4.62. The second kappa shape index (κ2) is 8.07. The molecule has 0 aliphatic heterocycles. The largest absolute Gasteiger partial charge is 0.352 e. The number of anilines is 3. The number of pyridine rings is 1. The van der Waals surface area contributed by atoms with Crippen molar-refractivity contribution in [2.75, 3.05) is 10.6 Å². The summed E-state index contributed by atoms with van der Waals surface area (Å²) in [7, 11) is 0. The summed E-state index contributed by atoms with van der Waals surface area (Å²) >= 11 is 3.49. The molecule has 1 aromatic carbocycles. The van der Waals surface area contributed by atoms with Gasteiger partial charge in [-0.25, -0.2) is 4.98 Å². The highest BCUT2D eigenvalue weighted by Crippen LogP contribution is 2.24. The van der Waals surface area contributed by atoms with Crippen molar-refractivity contribution in [3.8, 4) is 11.4 Å². The molecule has 2 heterocycles. The normalized spacial score (nSPS) is 11.8. The van der Waals surface area contributed by atoms with Crippen LogP contribution < -0.4 is 10.6 Å². The highest BCUT2D eigenvalue weighted by atomic mass is 79.9. The fourth-order valence-corrected chi connectivity index (χ4v) is 2.66. The van der Waals surface area contributed by atoms with Gasteiger partial charge in [0.1, 0.15) is 5.82 Å². The molecule has 3 rings (SSSR count). The maximum atomic E-state index is 4.62. The molecule has 0 radical (unpaired) electrons. The summed E-state index contributed by atoms with van der Waals surface area (Å²) < 4.78 is 1.01. The summed E-state index contributed by atoms with van der Waals surface area (Å²) in [5.74, 6) is 1.31. The van der Waals surface area contributed by atoms with Crippen LogP contribution in [-0.2, 0) is 0 Å². The third kappa shape index (κ3) is 4.76. The number of aromatic nitrogens is 3. The van der Waals surface area contributed by atoms with Gasteiger partial charge in [0, 0.05) is 28.5 Å². The van der Waals surface area contributed by atoms with Gasteiger partial charge >= 0.3 is 0 Å². The van der Waals surface area contributed by atoms with Gasteiger partial charge in [0.2, 0.25) is 5.95 Å². The number of benzene rings is 1. The molecule has 0 spiro atoms. The zero-order valence-electron chi connectivity index (χ0n) is 14.2. The van der Waals surface area contributed by atoms with E-state index in [1.807, 2.05) is 48.5 Å². The van der Waals surface area contributed by atoms with Crippen molar-refractivity contribution in [3.05, 3.63) is 59.2 Å². The van der Waals surface area contributed by atoms with Gasteiger partial charge in [-0.3, -0.25) is 4.98 Å². The number of nitrogens with one attached hydrogen (secondary N) is 2. The zero-order chi connectivity index (χ0) is 17.6. The Kier molecular flexibility index (Phi) is 5.60. The van der Waals surface area contributed by atoms with Gasteiger partial charge in [0.05, 0.1) is 11.4 Å². The zero-order valence-corrected chi connectivity index (χ0v) is 15.8. The van der Waals surface area contributed by atoms with Crippen molar-refractivity contribution in [3.63, 3.8) is 0 Å². The molecule has 128 valence electrons. The van der Waals surface area contributed by atoms with Crippen LogP contribution in [0.5, 0.6) is 0 Å². The molecule has 1 atom stereocenters. The lowest BCUT2D eigenvalue weighted by molar-refractivity contribution is 0.753. The highest BCUT2D eigenvalue weighted by Gasteiger charge is 2.10. The predicted octanol–water partition coefficient (Wildman–Crippen LogP) is 5.26. The Bertz CT molecular complexity index is 838. The molecule has 0 aliphatic rings. The summed E-state index contributed by atoms with van der Waals surface area (Å²) in [6.45, 7) is 4.24. The third-order valence-corrected chi connectivity index (χ3v) is 4.23. The first-order chi connectivity index (χ1) is 12.1. The van der Waals surface area contributed by atoms with Crippen LogP contribution in [-0.4, -0.2) is 21.0 Å². The van der Waals surface area contributed by atoms with Gasteiger partial charge in [0.15, 0.2) is 0 Å². The first-order valence-electron chi connectivity index (χ1n) is 8.23. The van der Waals surface area contributed by atoms with Crippen LogP contribution in [0.25, 0.3) is 11.4 Å². The van der Waals surface area contributed by atoms with E-state index in [4.69, 9.17) is 0 Å². The number of hydrogen-bond donors (Lipinski definition) is 2. The molecule has 2 N–H and O–H groups in total. The number of hydrogen-bond acceptors (Lipinski definition) is 5. The van der Waals surface area contributed by atoms with Crippen LogP contribution in [0.4, 0.5) is 17.5 Å². The molecule has 0 aliphatic carbocycles. The lowest BCUT2D eigenvalue weighted by atomic mass is 10.2. The van der Waals surface area contributed by atoms with Crippen molar-refractivity contribution in [1.82, 2.24) is 15.0 Å². The molecule has 3 aromatic rings. The van der Waals surface area contributed by atoms with E-state index < -0.39 is 0 Å². The SMILES string of the molecule is CC[C@@H](C)Nc1nc(Nc2cccc(Br)c2)cc(-c2ccccn2)n1. The summed E-state index contributed by atoms with van der Waals surface area (Å²) in [5.41, 5.74) is 2.54. The standard InChI is InChI=1S/C19H20BrN5/c1-3-13(2)22-19-24-17(16-9-4-5-10-21-16)12-18(25-19)23-15-8-6-7-14(20)11-15/h4-13H,3H2,1-2H3,(H2,22,23,24,25)/t13-/m1/s1. The van der Waals surface area contributed by atoms with E-state index >= 15 is 0 Å². The van der Waals surface area contributed by atoms with Crippen molar-refractivity contribution in [1.29, 1.82) is 0 Å². The minimum atomic E-state index is 0.290. The van der Waals surface area contributed by atoms with E-state index in [1.165, 1.54) is 0 Å². The maximum Gasteiger partial charge on any atom is 0.225 e. The van der Waals surface area contributed by atoms with Crippen LogP contribution >= 0.6 is 15.9 Å². The Balaban J connectivity index is 1.97. The van der Waals surface area contributed by atoms with E-state index in [2.05, 4.69) is 55.4 Å². The van der Waals surface area contributed by atoms with Crippen LogP contribution in [0, 0.1) is 0 Å². The first-order valence-corrected chi connectivity index (χ1v) is 9.03. The fourth-order valence-electron chi connectivity index (χ4n) is 2.26. The Labute approximate surface area is 156 Å². The number of nitrogens with zero attached hydrogens (tertiary/aromatic N) is 3. The van der Waals surface area contributed by atoms with Gasteiger partial charge in [-0.2, -0.15) is 4.98 Å². The molecule has 0 unspecified atom stereocenters. The molecular weight excluding hydrogens is 378 g/mol. The summed E-state index contributed by atoms with van der Waals surface area (Å²) in [6.07, 6.45) is 2.76. The van der Waals surface area contributed by atoms with E-state index in [0.29, 0.717) is 5.95 Å². The monoisotopic (exact) mass is 397 g/mol. The molecular formula is C19H20BrN5. The van der Waals surface area contributed by atoms with Crippen LogP contribution in [0.1, 0.15) is 20.3 Å². The third-order valence-electron chi connectivity index (χ3n) is 3.74. The fraction of sp³-hybridized carbons (Fsp3) is 0.211. The van der Waals surface area contributed by atoms with Gasteiger partial charge < -0.3 is 10.6 Å². The van der Waals surface area contributed by atoms with Gasteiger partial charge in [-0.15, -0.1) is 0 Å². The number of rotatable bonds is 6. The van der Waals surface area contributed by atoms with E-state index in [0.717, 1.165) is 33.8 Å². The van der Waals surface area contributed by atoms with Crippen molar-refractivity contribution in [2.45, 2.75) is 26.3 Å². The Morgan fingerprint density at radius 1 is 1.04 bits per heavy atom. The van der Waals surface area contributed by atoms with Crippen molar-refractivity contribution < 1.29 is 0 Å². The summed E-state index contributed by atoms with van der Waals surface area (Å²) in [5, 5.41) is 6.68. The topological polar surface area (TPSA) is 62.7 Å². The lowest BCUT2D eigenvalue weighted by Crippen LogP contribution is -2.16. The van der Waals surface area contributed by atoms with Gasteiger partial charge in [-0.05, 0) is 43.7 Å². The molecule has 0 saturated carbocycles. The minimum absolute atomic E-state index is 0.290. The molecule has 5 nitrogen and oxygen atoms in total. The molecule has 2 aromatic heterocycles. The van der Waals surface area contributed by atoms with Crippen molar-refractivity contribution >= 4 is 33.4 Å². The van der Waals surface area contributed by atoms with Crippen LogP contribution in [0.15, 0.2) is 59.2 Å². The number of halogens is 1. The quantitative estimate of drug-likeness (QED) is 0.594. The molecule has 0 saturated heterocycles. The van der Waals surface area contributed by atoms with Crippen LogP contribution in [0.2, 0.25) is 0 Å². The Hall–Kier alpha value is -2.47. The summed E-state index contributed by atoms with van der Waals surface area (Å²) in [4.78, 5) is 13.6. The Morgan fingerprint density at radius 3 is 2.64 bits per heavy atom. The average molecular weight is 398 g/mol. The Morgan fingerprint density at radius 2 is 1.92 bits per heavy atom. The highest BCUT2D eigenvalue weighted by molar-refractivity contribution is 9.10. The van der Waals surface area contributed by atoms with Crippen LogP contribution in [0.3, 0.4) is 0 Å². The molecule has 0 fully saturated rings. The summed E-state index contributed by atoms with van der Waals surface area (Å²) in [6, 6.07) is 15.9. The molecule has 25 heavy (non-hydrogen) atoms. The lowest BCUT2D eigenvalue weighted by Gasteiger charge is -2.14. The predicted molar refractivity (Wildman–Crippen MR) is 106 cm³/mol. The van der Waals surface area contributed by atoms with E-state index in [9.17, 15) is 0 Å². The molecule has 6 heteroatoms. The van der Waals surface area contributed by atoms with Gasteiger partial charge in [-0.1, -0.05) is 35.0 Å². The second-order valence-electron chi connectivity index (χ2n) is 5.77. The van der Waals surface area contributed by atoms with E-state index in [1.54, 1.807) is 6.20 Å². The van der Waals surface area contributed by atoms with Gasteiger partial charge in [0.25, 0.3) is 0 Å². The smallest absolute Gasteiger partial charge is 0.225 e.